The van der Waals surface area contributed by atoms with Gasteiger partial charge in [0.1, 0.15) is 5.75 Å². The van der Waals surface area contributed by atoms with Crippen LogP contribution in [-0.2, 0) is 0 Å². The molecule has 0 atom stereocenters. The van der Waals surface area contributed by atoms with Gasteiger partial charge in [-0.15, -0.1) is 0 Å². The summed E-state index contributed by atoms with van der Waals surface area (Å²) in [5, 5.41) is 19.1. The van der Waals surface area contributed by atoms with E-state index < -0.39 is 5.97 Å². The van der Waals surface area contributed by atoms with Gasteiger partial charge >= 0.3 is 5.97 Å². The van der Waals surface area contributed by atoms with Gasteiger partial charge in [-0.2, -0.15) is 0 Å². The highest BCUT2D eigenvalue weighted by Crippen LogP contribution is 2.30. The van der Waals surface area contributed by atoms with Gasteiger partial charge in [0.25, 0.3) is 0 Å². The molecule has 0 saturated carbocycles. The van der Waals surface area contributed by atoms with E-state index in [1.807, 2.05) is 13.0 Å². The molecule has 4 nitrogen and oxygen atoms in total. The number of phenolic OH excluding ortho intramolecular Hbond substituents is 1. The van der Waals surface area contributed by atoms with E-state index in [-0.39, 0.29) is 11.3 Å². The molecule has 3 rings (SSSR count). The molecule has 4 heteroatoms. The zero-order chi connectivity index (χ0) is 18.7. The molecule has 0 aromatic heterocycles. The molecule has 0 bridgehead atoms. The number of benzene rings is 3. The highest BCUT2D eigenvalue weighted by atomic mass is 16.4. The number of nitrogen functional groups attached to an aromatic ring is 1. The van der Waals surface area contributed by atoms with Crippen LogP contribution in [0.1, 0.15) is 27.0 Å². The zero-order valence-corrected chi connectivity index (χ0v) is 14.2. The maximum atomic E-state index is 11.7. The first-order valence-corrected chi connectivity index (χ1v) is 7.99. The van der Waals surface area contributed by atoms with E-state index in [4.69, 9.17) is 5.73 Å². The van der Waals surface area contributed by atoms with Crippen LogP contribution in [0.5, 0.6) is 5.75 Å². The monoisotopic (exact) mass is 343 g/mol. The van der Waals surface area contributed by atoms with Gasteiger partial charge in [0.2, 0.25) is 0 Å². The topological polar surface area (TPSA) is 83.5 Å². The van der Waals surface area contributed by atoms with Gasteiger partial charge in [-0.25, -0.2) is 4.79 Å². The summed E-state index contributed by atoms with van der Waals surface area (Å²) in [6.07, 6.45) is 0. The SMILES string of the molecule is Cc1cc(-c2c(C#Cc3cccc(O)c3)cccc2C(=O)O)ccc1N. The van der Waals surface area contributed by atoms with Crippen molar-refractivity contribution in [3.63, 3.8) is 0 Å². The van der Waals surface area contributed by atoms with Crippen LogP contribution in [0.3, 0.4) is 0 Å². The summed E-state index contributed by atoms with van der Waals surface area (Å²) in [6, 6.07) is 17.0. The van der Waals surface area contributed by atoms with E-state index >= 15 is 0 Å². The second kappa shape index (κ2) is 7.04. The lowest BCUT2D eigenvalue weighted by molar-refractivity contribution is 0.0697. The molecule has 0 aliphatic rings. The Balaban J connectivity index is 2.19. The van der Waals surface area contributed by atoms with Crippen LogP contribution in [0.25, 0.3) is 11.1 Å². The highest BCUT2D eigenvalue weighted by molar-refractivity contribution is 5.98. The van der Waals surface area contributed by atoms with E-state index in [1.165, 1.54) is 0 Å². The summed E-state index contributed by atoms with van der Waals surface area (Å²) in [6.45, 7) is 1.88. The van der Waals surface area contributed by atoms with E-state index in [9.17, 15) is 15.0 Å². The Labute approximate surface area is 151 Å². The molecule has 0 fully saturated rings. The van der Waals surface area contributed by atoms with Crippen molar-refractivity contribution in [2.24, 2.45) is 0 Å². The number of aromatic hydroxyl groups is 1. The smallest absolute Gasteiger partial charge is 0.336 e. The predicted octanol–water partition coefficient (Wildman–Crippen LogP) is 4.05. The lowest BCUT2D eigenvalue weighted by Gasteiger charge is -2.11. The second-order valence-corrected chi connectivity index (χ2v) is 5.90. The first-order chi connectivity index (χ1) is 12.5. The Kier molecular flexibility index (Phi) is 4.64. The summed E-state index contributed by atoms with van der Waals surface area (Å²) >= 11 is 0. The molecule has 4 N–H and O–H groups in total. The van der Waals surface area contributed by atoms with Crippen molar-refractivity contribution in [3.8, 4) is 28.7 Å². The van der Waals surface area contributed by atoms with Crippen molar-refractivity contribution in [2.75, 3.05) is 5.73 Å². The molecule has 3 aromatic rings. The van der Waals surface area contributed by atoms with Gasteiger partial charge in [0, 0.05) is 22.4 Å². The van der Waals surface area contributed by atoms with Crippen molar-refractivity contribution < 1.29 is 15.0 Å². The molecule has 0 unspecified atom stereocenters. The third kappa shape index (κ3) is 3.52. The fraction of sp³-hybridized carbons (Fsp3) is 0.0455. The lowest BCUT2D eigenvalue weighted by atomic mass is 9.93. The molecule has 0 amide bonds. The maximum Gasteiger partial charge on any atom is 0.336 e. The van der Waals surface area contributed by atoms with E-state index in [1.54, 1.807) is 54.6 Å². The molecule has 0 radical (unpaired) electrons. The normalized spacial score (nSPS) is 10.0. The number of carboxylic acid groups (broad SMARTS) is 1. The van der Waals surface area contributed by atoms with Crippen LogP contribution >= 0.6 is 0 Å². The molecule has 0 aliphatic carbocycles. The number of aromatic carboxylic acids is 1. The number of aryl methyl sites for hydroxylation is 1. The van der Waals surface area contributed by atoms with E-state index in [0.717, 1.165) is 11.1 Å². The summed E-state index contributed by atoms with van der Waals surface area (Å²) < 4.78 is 0. The molecule has 26 heavy (non-hydrogen) atoms. The number of rotatable bonds is 2. The highest BCUT2D eigenvalue weighted by Gasteiger charge is 2.15. The summed E-state index contributed by atoms with van der Waals surface area (Å²) in [5.74, 6) is 5.12. The Morgan fingerprint density at radius 3 is 2.46 bits per heavy atom. The lowest BCUT2D eigenvalue weighted by Crippen LogP contribution is -2.02. The number of phenols is 1. The van der Waals surface area contributed by atoms with Gasteiger partial charge in [0.15, 0.2) is 0 Å². The summed E-state index contributed by atoms with van der Waals surface area (Å²) in [7, 11) is 0. The summed E-state index contributed by atoms with van der Waals surface area (Å²) in [5.41, 5.74) is 10.1. The fourth-order valence-electron chi connectivity index (χ4n) is 2.70. The van der Waals surface area contributed by atoms with Gasteiger partial charge in [0.05, 0.1) is 5.56 Å². The molecular weight excluding hydrogens is 326 g/mol. The zero-order valence-electron chi connectivity index (χ0n) is 14.2. The molecular formula is C22H17NO3. The van der Waals surface area contributed by atoms with Crippen molar-refractivity contribution in [1.29, 1.82) is 0 Å². The number of hydrogen-bond donors (Lipinski definition) is 3. The number of hydrogen-bond acceptors (Lipinski definition) is 3. The van der Waals surface area contributed by atoms with Crippen LogP contribution in [0.15, 0.2) is 60.7 Å². The van der Waals surface area contributed by atoms with Crippen LogP contribution in [0.2, 0.25) is 0 Å². The first kappa shape index (κ1) is 17.1. The minimum Gasteiger partial charge on any atom is -0.508 e. The van der Waals surface area contributed by atoms with Gasteiger partial charge in [-0.1, -0.05) is 30.0 Å². The molecule has 128 valence electrons. The molecule has 0 spiro atoms. The van der Waals surface area contributed by atoms with E-state index in [0.29, 0.717) is 22.4 Å². The fourth-order valence-corrected chi connectivity index (χ4v) is 2.70. The number of nitrogens with two attached hydrogens (primary N) is 1. The van der Waals surface area contributed by atoms with Gasteiger partial charge in [-0.3, -0.25) is 0 Å². The first-order valence-electron chi connectivity index (χ1n) is 7.99. The minimum atomic E-state index is -1.02. The van der Waals surface area contributed by atoms with Crippen molar-refractivity contribution >= 4 is 11.7 Å². The molecule has 0 heterocycles. The Morgan fingerprint density at radius 1 is 1.00 bits per heavy atom. The summed E-state index contributed by atoms with van der Waals surface area (Å²) in [4.78, 5) is 11.7. The molecule has 0 saturated heterocycles. The molecule has 3 aromatic carbocycles. The van der Waals surface area contributed by atoms with Crippen molar-refractivity contribution in [1.82, 2.24) is 0 Å². The van der Waals surface area contributed by atoms with Crippen LogP contribution in [0.4, 0.5) is 5.69 Å². The van der Waals surface area contributed by atoms with Crippen LogP contribution < -0.4 is 5.73 Å². The second-order valence-electron chi connectivity index (χ2n) is 5.90. The Hall–Kier alpha value is -3.71. The van der Waals surface area contributed by atoms with Crippen LogP contribution in [0, 0.1) is 18.8 Å². The van der Waals surface area contributed by atoms with Crippen molar-refractivity contribution in [3.05, 3.63) is 82.9 Å². The standard InChI is InChI=1S/C22H17NO3/c1-14-12-17(10-11-20(14)23)21-16(5-3-7-19(21)22(25)26)9-8-15-4-2-6-18(24)13-15/h2-7,10-13,24H,23H2,1H3,(H,25,26). The van der Waals surface area contributed by atoms with Crippen LogP contribution in [-0.4, -0.2) is 16.2 Å². The van der Waals surface area contributed by atoms with Gasteiger partial charge < -0.3 is 15.9 Å². The Bertz CT molecular complexity index is 1060. The number of anilines is 1. The minimum absolute atomic E-state index is 0.130. The maximum absolute atomic E-state index is 11.7. The van der Waals surface area contributed by atoms with E-state index in [2.05, 4.69) is 11.8 Å². The third-order valence-electron chi connectivity index (χ3n) is 4.04. The Morgan fingerprint density at radius 2 is 1.77 bits per heavy atom. The third-order valence-corrected chi connectivity index (χ3v) is 4.04. The largest absolute Gasteiger partial charge is 0.508 e. The molecule has 0 aliphatic heterocycles. The number of carbonyl (C=O) groups is 1. The van der Waals surface area contributed by atoms with Crippen molar-refractivity contribution in [2.45, 2.75) is 6.92 Å². The van der Waals surface area contributed by atoms with Gasteiger partial charge in [-0.05, 0) is 60.5 Å². The number of carboxylic acids is 1. The average molecular weight is 343 g/mol. The average Bonchev–Trinajstić information content (AvgIpc) is 2.62. The predicted molar refractivity (Wildman–Crippen MR) is 102 cm³/mol. The quantitative estimate of drug-likeness (QED) is 0.484.